The number of nitrogens with zero attached hydrogens (tertiary/aromatic N) is 2. The van der Waals surface area contributed by atoms with E-state index < -0.39 is 0 Å². The maximum absolute atomic E-state index is 12.4. The van der Waals surface area contributed by atoms with E-state index in [1.54, 1.807) is 12.5 Å². The molecule has 1 saturated heterocycles. The molecular weight excluding hydrogens is 350 g/mol. The van der Waals surface area contributed by atoms with Crippen LogP contribution in [0.2, 0.25) is 0 Å². The number of carbonyl (C=O) groups is 1. The van der Waals surface area contributed by atoms with Gasteiger partial charge in [-0.3, -0.25) is 4.79 Å². The molecule has 3 aromatic rings. The number of rotatable bonds is 4. The van der Waals surface area contributed by atoms with E-state index >= 15 is 0 Å². The Morgan fingerprint density at radius 2 is 1.76 bits per heavy atom. The van der Waals surface area contributed by atoms with Crippen LogP contribution in [0.1, 0.15) is 20.5 Å². The van der Waals surface area contributed by atoms with Gasteiger partial charge in [0.05, 0.1) is 10.9 Å². The predicted octanol–water partition coefficient (Wildman–Crippen LogP) is 4.60. The lowest BCUT2D eigenvalue weighted by Gasteiger charge is -2.10. The van der Waals surface area contributed by atoms with Gasteiger partial charge in [-0.2, -0.15) is 0 Å². The molecule has 0 saturated carbocycles. The lowest BCUT2D eigenvalue weighted by atomic mass is 10.1. The van der Waals surface area contributed by atoms with Gasteiger partial charge < -0.3 is 9.88 Å². The van der Waals surface area contributed by atoms with Gasteiger partial charge in [-0.15, -0.1) is 23.5 Å². The van der Waals surface area contributed by atoms with Gasteiger partial charge in [-0.1, -0.05) is 12.1 Å². The number of nitrogens with one attached hydrogen (secondary N) is 1. The number of anilines is 1. The fraction of sp³-hybridized carbons (Fsp3) is 0.158. The molecule has 1 fully saturated rings. The van der Waals surface area contributed by atoms with Crippen LogP contribution in [0.3, 0.4) is 0 Å². The Balaban J connectivity index is 1.42. The highest BCUT2D eigenvalue weighted by molar-refractivity contribution is 8.19. The van der Waals surface area contributed by atoms with Crippen molar-refractivity contribution in [2.24, 2.45) is 0 Å². The van der Waals surface area contributed by atoms with Gasteiger partial charge in [0, 0.05) is 40.8 Å². The van der Waals surface area contributed by atoms with E-state index in [-0.39, 0.29) is 5.91 Å². The molecule has 25 heavy (non-hydrogen) atoms. The number of carbonyl (C=O) groups excluding carboxylic acids is 1. The quantitative estimate of drug-likeness (QED) is 0.732. The first-order valence-corrected chi connectivity index (χ1v) is 10.1. The molecule has 1 aliphatic heterocycles. The fourth-order valence-electron chi connectivity index (χ4n) is 2.67. The Labute approximate surface area is 155 Å². The van der Waals surface area contributed by atoms with Crippen molar-refractivity contribution in [2.75, 3.05) is 16.8 Å². The zero-order chi connectivity index (χ0) is 17.1. The Morgan fingerprint density at radius 3 is 2.40 bits per heavy atom. The third-order valence-electron chi connectivity index (χ3n) is 3.99. The van der Waals surface area contributed by atoms with Crippen LogP contribution in [-0.2, 0) is 0 Å². The van der Waals surface area contributed by atoms with E-state index in [9.17, 15) is 4.79 Å². The van der Waals surface area contributed by atoms with Crippen molar-refractivity contribution in [2.45, 2.75) is 4.58 Å². The van der Waals surface area contributed by atoms with Gasteiger partial charge in [-0.25, -0.2) is 4.98 Å². The summed E-state index contributed by atoms with van der Waals surface area (Å²) in [6.07, 6.45) is 5.37. The molecule has 1 aliphatic rings. The van der Waals surface area contributed by atoms with E-state index in [1.165, 1.54) is 17.1 Å². The van der Waals surface area contributed by atoms with Crippen LogP contribution in [0.4, 0.5) is 5.69 Å². The van der Waals surface area contributed by atoms with Crippen molar-refractivity contribution in [3.8, 4) is 5.69 Å². The summed E-state index contributed by atoms with van der Waals surface area (Å²) in [7, 11) is 0. The first-order chi connectivity index (χ1) is 12.3. The monoisotopic (exact) mass is 367 g/mol. The highest BCUT2D eigenvalue weighted by Crippen LogP contribution is 2.45. The average Bonchev–Trinajstić information content (AvgIpc) is 3.36. The summed E-state index contributed by atoms with van der Waals surface area (Å²) in [6, 6.07) is 15.6. The lowest BCUT2D eigenvalue weighted by Crippen LogP contribution is -2.11. The molecule has 0 bridgehead atoms. The summed E-state index contributed by atoms with van der Waals surface area (Å²) in [5, 5.41) is 2.95. The van der Waals surface area contributed by atoms with Crippen molar-refractivity contribution >= 4 is 35.1 Å². The first-order valence-electron chi connectivity index (χ1n) is 8.02. The molecule has 126 valence electrons. The Hall–Kier alpha value is -2.18. The molecule has 4 nitrogen and oxygen atoms in total. The summed E-state index contributed by atoms with van der Waals surface area (Å²) >= 11 is 3.94. The minimum Gasteiger partial charge on any atom is -0.322 e. The first kappa shape index (κ1) is 16.3. The predicted molar refractivity (Wildman–Crippen MR) is 106 cm³/mol. The molecule has 0 atom stereocenters. The normalized spacial score (nSPS) is 14.6. The number of benzene rings is 2. The van der Waals surface area contributed by atoms with Gasteiger partial charge in [0.15, 0.2) is 0 Å². The van der Waals surface area contributed by atoms with Crippen LogP contribution < -0.4 is 5.32 Å². The smallest absolute Gasteiger partial charge is 0.255 e. The van der Waals surface area contributed by atoms with Crippen molar-refractivity contribution in [1.82, 2.24) is 9.55 Å². The van der Waals surface area contributed by atoms with Crippen LogP contribution in [0.25, 0.3) is 5.69 Å². The molecule has 1 N–H and O–H groups in total. The molecule has 4 rings (SSSR count). The summed E-state index contributed by atoms with van der Waals surface area (Å²) in [6.45, 7) is 0. The molecule has 6 heteroatoms. The van der Waals surface area contributed by atoms with Crippen LogP contribution in [0, 0.1) is 0 Å². The van der Waals surface area contributed by atoms with Crippen molar-refractivity contribution in [3.05, 3.63) is 78.4 Å². The number of thioether (sulfide) groups is 2. The fourth-order valence-corrected chi connectivity index (χ4v) is 5.53. The van der Waals surface area contributed by atoms with E-state index in [1.807, 2.05) is 70.7 Å². The maximum Gasteiger partial charge on any atom is 0.255 e. The minimum absolute atomic E-state index is 0.0892. The molecule has 0 radical (unpaired) electrons. The van der Waals surface area contributed by atoms with Gasteiger partial charge in [-0.05, 0) is 42.0 Å². The zero-order valence-electron chi connectivity index (χ0n) is 13.5. The van der Waals surface area contributed by atoms with Crippen molar-refractivity contribution in [3.63, 3.8) is 0 Å². The second kappa shape index (κ2) is 7.37. The Kier molecular flexibility index (Phi) is 4.81. The van der Waals surface area contributed by atoms with Crippen LogP contribution >= 0.6 is 23.5 Å². The van der Waals surface area contributed by atoms with Crippen molar-refractivity contribution in [1.29, 1.82) is 0 Å². The highest BCUT2D eigenvalue weighted by atomic mass is 32.2. The molecule has 0 spiro atoms. The zero-order valence-corrected chi connectivity index (χ0v) is 15.1. The minimum atomic E-state index is -0.0892. The molecule has 2 aromatic carbocycles. The summed E-state index contributed by atoms with van der Waals surface area (Å²) in [4.78, 5) is 16.5. The van der Waals surface area contributed by atoms with Gasteiger partial charge in [0.25, 0.3) is 5.91 Å². The van der Waals surface area contributed by atoms with Crippen LogP contribution in [0.15, 0.2) is 67.3 Å². The van der Waals surface area contributed by atoms with E-state index in [4.69, 9.17) is 0 Å². The summed E-state index contributed by atoms with van der Waals surface area (Å²) in [5.41, 5.74) is 3.75. The summed E-state index contributed by atoms with van der Waals surface area (Å²) < 4.78 is 2.43. The third-order valence-corrected chi connectivity index (χ3v) is 7.10. The molecule has 0 aliphatic carbocycles. The van der Waals surface area contributed by atoms with E-state index in [0.717, 1.165) is 11.4 Å². The molecule has 2 heterocycles. The van der Waals surface area contributed by atoms with Crippen molar-refractivity contribution < 1.29 is 4.79 Å². The number of imidazole rings is 1. The third kappa shape index (κ3) is 3.75. The molecule has 1 aromatic heterocycles. The second-order valence-electron chi connectivity index (χ2n) is 5.67. The summed E-state index contributed by atoms with van der Waals surface area (Å²) in [5.74, 6) is 2.31. The van der Waals surface area contributed by atoms with Crippen LogP contribution in [-0.4, -0.2) is 27.0 Å². The number of amides is 1. The molecule has 0 unspecified atom stereocenters. The topological polar surface area (TPSA) is 46.9 Å². The van der Waals surface area contributed by atoms with Gasteiger partial charge >= 0.3 is 0 Å². The number of hydrogen-bond donors (Lipinski definition) is 1. The number of aromatic nitrogens is 2. The lowest BCUT2D eigenvalue weighted by molar-refractivity contribution is 0.102. The van der Waals surface area contributed by atoms with E-state index in [2.05, 4.69) is 22.4 Å². The second-order valence-corrected chi connectivity index (χ2v) is 8.39. The van der Waals surface area contributed by atoms with Gasteiger partial charge in [0.1, 0.15) is 0 Å². The Morgan fingerprint density at radius 1 is 1.04 bits per heavy atom. The van der Waals surface area contributed by atoms with E-state index in [0.29, 0.717) is 10.1 Å². The standard InChI is InChI=1S/C19H17N3OS2/c23-18(14-1-3-15(4-2-14)19-24-11-12-25-19)21-16-5-7-17(8-6-16)22-10-9-20-13-22/h1-10,13,19H,11-12H2,(H,21,23). The molecule has 1 amide bonds. The maximum atomic E-state index is 12.4. The largest absolute Gasteiger partial charge is 0.322 e. The SMILES string of the molecule is O=C(Nc1ccc(-n2ccnc2)cc1)c1ccc(C2SCCS2)cc1. The Bertz CT molecular complexity index is 839. The van der Waals surface area contributed by atoms with Gasteiger partial charge in [0.2, 0.25) is 0 Å². The van der Waals surface area contributed by atoms with Crippen LogP contribution in [0.5, 0.6) is 0 Å². The molecular formula is C19H17N3OS2. The average molecular weight is 367 g/mol. The number of hydrogen-bond acceptors (Lipinski definition) is 4. The highest BCUT2D eigenvalue weighted by Gasteiger charge is 2.18.